The monoisotopic (exact) mass is 507 g/mol. The number of para-hydroxylation sites is 1. The number of aryl methyl sites for hydroxylation is 1. The van der Waals surface area contributed by atoms with Gasteiger partial charge < -0.3 is 10.2 Å². The summed E-state index contributed by atoms with van der Waals surface area (Å²) in [6, 6.07) is 13.3. The fourth-order valence-corrected chi connectivity index (χ4v) is 4.59. The highest BCUT2D eigenvalue weighted by atomic mass is 35.5. The van der Waals surface area contributed by atoms with Gasteiger partial charge >= 0.3 is 0 Å². The molecule has 0 aromatic heterocycles. The van der Waals surface area contributed by atoms with Crippen LogP contribution >= 0.6 is 11.6 Å². The molecule has 2 aromatic carbocycles. The number of sulfonamides is 1. The Balaban J connectivity index is 2.46. The molecule has 2 aromatic rings. The smallest absolute Gasteiger partial charge is 0.244 e. The van der Waals surface area contributed by atoms with Gasteiger partial charge in [-0.2, -0.15) is 0 Å². The number of nitrogens with zero attached hydrogens (tertiary/aromatic N) is 2. The third-order valence-corrected chi connectivity index (χ3v) is 6.78. The van der Waals surface area contributed by atoms with Crippen molar-refractivity contribution in [2.75, 3.05) is 17.1 Å². The number of amides is 2. The molecule has 34 heavy (non-hydrogen) atoms. The summed E-state index contributed by atoms with van der Waals surface area (Å²) in [6.45, 7) is 8.72. The largest absolute Gasteiger partial charge is 0.350 e. The van der Waals surface area contributed by atoms with Crippen molar-refractivity contribution < 1.29 is 18.0 Å². The van der Waals surface area contributed by atoms with Crippen molar-refractivity contribution in [3.63, 3.8) is 0 Å². The van der Waals surface area contributed by atoms with Crippen LogP contribution in [0.1, 0.15) is 45.7 Å². The summed E-state index contributed by atoms with van der Waals surface area (Å²) in [7, 11) is -3.78. The van der Waals surface area contributed by atoms with Gasteiger partial charge in [0.1, 0.15) is 12.6 Å². The Labute approximate surface area is 208 Å². The van der Waals surface area contributed by atoms with Crippen LogP contribution in [-0.4, -0.2) is 49.5 Å². The summed E-state index contributed by atoms with van der Waals surface area (Å²) in [5.74, 6) is -0.847. The van der Waals surface area contributed by atoms with Crippen molar-refractivity contribution in [1.29, 1.82) is 0 Å². The Hall–Kier alpha value is -2.58. The zero-order chi connectivity index (χ0) is 25.7. The molecule has 7 nitrogen and oxygen atoms in total. The molecule has 9 heteroatoms. The number of carbonyl (C=O) groups excluding carboxylic acids is 2. The van der Waals surface area contributed by atoms with Crippen LogP contribution in [0.4, 0.5) is 5.69 Å². The molecular formula is C25H34ClN3O4S. The van der Waals surface area contributed by atoms with Gasteiger partial charge in [-0.05, 0) is 57.4 Å². The molecule has 0 spiro atoms. The van der Waals surface area contributed by atoms with E-state index in [-0.39, 0.29) is 12.5 Å². The average Bonchev–Trinajstić information content (AvgIpc) is 2.74. The summed E-state index contributed by atoms with van der Waals surface area (Å²) >= 11 is 6.33. The van der Waals surface area contributed by atoms with Crippen LogP contribution in [0.25, 0.3) is 0 Å². The van der Waals surface area contributed by atoms with E-state index in [4.69, 9.17) is 11.6 Å². The Morgan fingerprint density at radius 2 is 1.59 bits per heavy atom. The SMILES string of the molecule is CCc1ccccc1N(CC(=O)N(Cc1ccccc1Cl)C(C)C(=O)NC(C)(C)C)S(C)(=O)=O. The Bertz CT molecular complexity index is 1130. The van der Waals surface area contributed by atoms with Gasteiger partial charge in [0.15, 0.2) is 0 Å². The van der Waals surface area contributed by atoms with Gasteiger partial charge in [0.05, 0.1) is 11.9 Å². The van der Waals surface area contributed by atoms with Gasteiger partial charge in [-0.25, -0.2) is 8.42 Å². The minimum Gasteiger partial charge on any atom is -0.350 e. The van der Waals surface area contributed by atoms with Gasteiger partial charge in [0, 0.05) is 17.1 Å². The number of hydrogen-bond donors (Lipinski definition) is 1. The number of benzene rings is 2. The molecule has 0 saturated carbocycles. The fraction of sp³-hybridized carbons (Fsp3) is 0.440. The van der Waals surface area contributed by atoms with E-state index >= 15 is 0 Å². The Kier molecular flexibility index (Phi) is 9.14. The van der Waals surface area contributed by atoms with Gasteiger partial charge in [0.2, 0.25) is 21.8 Å². The topological polar surface area (TPSA) is 86.8 Å². The molecule has 0 bridgehead atoms. The molecule has 0 aliphatic heterocycles. The number of carbonyl (C=O) groups is 2. The molecule has 1 unspecified atom stereocenters. The number of hydrogen-bond acceptors (Lipinski definition) is 4. The van der Waals surface area contributed by atoms with Crippen molar-refractivity contribution in [3.05, 3.63) is 64.7 Å². The third-order valence-electron chi connectivity index (χ3n) is 5.28. The van der Waals surface area contributed by atoms with Crippen molar-refractivity contribution in [2.45, 2.75) is 59.2 Å². The Morgan fingerprint density at radius 3 is 2.12 bits per heavy atom. The molecule has 2 amide bonds. The highest BCUT2D eigenvalue weighted by Crippen LogP contribution is 2.25. The Morgan fingerprint density at radius 1 is 1.03 bits per heavy atom. The third kappa shape index (κ3) is 7.46. The molecule has 0 fully saturated rings. The first-order valence-electron chi connectivity index (χ1n) is 11.1. The fourth-order valence-electron chi connectivity index (χ4n) is 3.51. The van der Waals surface area contributed by atoms with Crippen LogP contribution in [-0.2, 0) is 32.6 Å². The first-order chi connectivity index (χ1) is 15.7. The maximum absolute atomic E-state index is 13.6. The second-order valence-corrected chi connectivity index (χ2v) is 11.6. The molecule has 1 atom stereocenters. The second-order valence-electron chi connectivity index (χ2n) is 9.28. The summed E-state index contributed by atoms with van der Waals surface area (Å²) in [6.07, 6.45) is 1.67. The first kappa shape index (κ1) is 27.7. The van der Waals surface area contributed by atoms with Gasteiger partial charge in [-0.15, -0.1) is 0 Å². The summed E-state index contributed by atoms with van der Waals surface area (Å²) in [4.78, 5) is 27.9. The molecule has 186 valence electrons. The molecular weight excluding hydrogens is 474 g/mol. The van der Waals surface area contributed by atoms with Crippen molar-refractivity contribution in [1.82, 2.24) is 10.2 Å². The summed E-state index contributed by atoms with van der Waals surface area (Å²) in [5, 5.41) is 3.35. The maximum atomic E-state index is 13.6. The zero-order valence-corrected chi connectivity index (χ0v) is 22.2. The average molecular weight is 508 g/mol. The van der Waals surface area contributed by atoms with E-state index in [1.807, 2.05) is 39.8 Å². The van der Waals surface area contributed by atoms with Crippen molar-refractivity contribution >= 4 is 39.1 Å². The molecule has 0 aliphatic rings. The minimum absolute atomic E-state index is 0.0598. The van der Waals surface area contributed by atoms with E-state index in [2.05, 4.69) is 5.32 Å². The number of rotatable bonds is 9. The molecule has 2 rings (SSSR count). The van der Waals surface area contributed by atoms with Gasteiger partial charge in [0.25, 0.3) is 0 Å². The predicted molar refractivity (Wildman–Crippen MR) is 137 cm³/mol. The summed E-state index contributed by atoms with van der Waals surface area (Å²) in [5.41, 5.74) is 1.42. The maximum Gasteiger partial charge on any atom is 0.244 e. The molecule has 0 saturated heterocycles. The van der Waals surface area contributed by atoms with Crippen molar-refractivity contribution in [3.8, 4) is 0 Å². The van der Waals surface area contributed by atoms with Gasteiger partial charge in [-0.3, -0.25) is 13.9 Å². The van der Waals surface area contributed by atoms with E-state index < -0.39 is 34.1 Å². The lowest BCUT2D eigenvalue weighted by Crippen LogP contribution is -2.54. The zero-order valence-electron chi connectivity index (χ0n) is 20.6. The normalized spacial score (nSPS) is 12.7. The van der Waals surface area contributed by atoms with Crippen LogP contribution in [0, 0.1) is 0 Å². The van der Waals surface area contributed by atoms with E-state index in [1.54, 1.807) is 43.3 Å². The predicted octanol–water partition coefficient (Wildman–Crippen LogP) is 4.00. The lowest BCUT2D eigenvalue weighted by atomic mass is 10.1. The van der Waals surface area contributed by atoms with Crippen LogP contribution in [0.5, 0.6) is 0 Å². The summed E-state index contributed by atoms with van der Waals surface area (Å²) < 4.78 is 26.5. The van der Waals surface area contributed by atoms with E-state index in [0.717, 1.165) is 16.1 Å². The van der Waals surface area contributed by atoms with Crippen LogP contribution in [0.3, 0.4) is 0 Å². The quantitative estimate of drug-likeness (QED) is 0.555. The standard InChI is InChI=1S/C25H34ClN3O4S/c1-7-19-12-9-11-15-22(19)29(34(6,32)33)17-23(30)28(16-20-13-8-10-14-21(20)26)18(2)24(31)27-25(3,4)5/h8-15,18H,7,16-17H2,1-6H3,(H,27,31). The lowest BCUT2D eigenvalue weighted by Gasteiger charge is -2.33. The van der Waals surface area contributed by atoms with E-state index in [0.29, 0.717) is 22.7 Å². The minimum atomic E-state index is -3.78. The highest BCUT2D eigenvalue weighted by molar-refractivity contribution is 7.92. The molecule has 1 N–H and O–H groups in total. The molecule has 0 radical (unpaired) electrons. The highest BCUT2D eigenvalue weighted by Gasteiger charge is 2.32. The second kappa shape index (κ2) is 11.2. The first-order valence-corrected chi connectivity index (χ1v) is 13.4. The number of nitrogens with one attached hydrogen (secondary N) is 1. The van der Waals surface area contributed by atoms with Crippen LogP contribution in [0.15, 0.2) is 48.5 Å². The number of halogens is 1. The molecule has 0 heterocycles. The van der Waals surface area contributed by atoms with Crippen LogP contribution < -0.4 is 9.62 Å². The van der Waals surface area contributed by atoms with Crippen molar-refractivity contribution in [2.24, 2.45) is 0 Å². The van der Waals surface area contributed by atoms with Gasteiger partial charge in [-0.1, -0.05) is 54.9 Å². The van der Waals surface area contributed by atoms with E-state index in [9.17, 15) is 18.0 Å². The lowest BCUT2D eigenvalue weighted by molar-refractivity contribution is -0.140. The van der Waals surface area contributed by atoms with E-state index in [1.165, 1.54) is 4.90 Å². The number of anilines is 1. The van der Waals surface area contributed by atoms with Crippen LogP contribution in [0.2, 0.25) is 5.02 Å². The molecule has 0 aliphatic carbocycles.